The van der Waals surface area contributed by atoms with Crippen LogP contribution in [0.25, 0.3) is 0 Å². The van der Waals surface area contributed by atoms with E-state index in [4.69, 9.17) is 9.84 Å². The van der Waals surface area contributed by atoms with Crippen molar-refractivity contribution in [3.05, 3.63) is 23.8 Å². The summed E-state index contributed by atoms with van der Waals surface area (Å²) in [6.07, 6.45) is -4.88. The van der Waals surface area contributed by atoms with Gasteiger partial charge in [-0.3, -0.25) is 5.21 Å². The lowest BCUT2D eigenvalue weighted by molar-refractivity contribution is -0.972. The number of carboxylic acid groups (broad SMARTS) is 1. The van der Waals surface area contributed by atoms with Gasteiger partial charge in [0.15, 0.2) is 11.5 Å². The van der Waals surface area contributed by atoms with E-state index in [2.05, 4.69) is 4.74 Å². The van der Waals surface area contributed by atoms with Gasteiger partial charge in [-0.15, -0.1) is 17.8 Å². The summed E-state index contributed by atoms with van der Waals surface area (Å²) in [6, 6.07) is 1.76. The predicted octanol–water partition coefficient (Wildman–Crippen LogP) is 1.30. The number of carbonyl (C=O) groups excluding carboxylic acids is 1. The van der Waals surface area contributed by atoms with E-state index in [-0.39, 0.29) is 24.3 Å². The van der Waals surface area contributed by atoms with Crippen molar-refractivity contribution in [2.75, 3.05) is 13.7 Å². The molecule has 1 aliphatic rings. The number of methoxy groups -OCH3 is 1. The fraction of sp³-hybridized carbons (Fsp3) is 0.385. The number of halogens is 3. The lowest BCUT2D eigenvalue weighted by Crippen LogP contribution is -2.76. The molecule has 1 amide bonds. The Hall–Kier alpha value is -2.37. The Morgan fingerprint density at radius 3 is 2.42 bits per heavy atom. The van der Waals surface area contributed by atoms with Crippen molar-refractivity contribution < 1.29 is 47.1 Å². The van der Waals surface area contributed by atoms with E-state index >= 15 is 0 Å². The van der Waals surface area contributed by atoms with Gasteiger partial charge in [0.05, 0.1) is 19.1 Å². The number of hydrogen-bond acceptors (Lipinski definition) is 6. The van der Waals surface area contributed by atoms with E-state index < -0.39 is 34.6 Å². The van der Waals surface area contributed by atoms with Crippen LogP contribution in [0.2, 0.25) is 0 Å². The van der Waals surface area contributed by atoms with Gasteiger partial charge in [0.2, 0.25) is 6.04 Å². The van der Waals surface area contributed by atoms with Crippen LogP contribution in [0, 0.1) is 0 Å². The van der Waals surface area contributed by atoms with Gasteiger partial charge in [-0.1, -0.05) is 0 Å². The van der Waals surface area contributed by atoms with Crippen molar-refractivity contribution in [3.8, 4) is 11.5 Å². The number of likely N-dealkylation sites (tertiary alicyclic amines) is 1. The molecule has 24 heavy (non-hydrogen) atoms. The first kappa shape index (κ1) is 18.0. The monoisotopic (exact) mass is 351 g/mol. The van der Waals surface area contributed by atoms with Crippen LogP contribution in [0.3, 0.4) is 0 Å². The van der Waals surface area contributed by atoms with Gasteiger partial charge < -0.3 is 14.6 Å². The van der Waals surface area contributed by atoms with Gasteiger partial charge in [-0.25, -0.2) is 9.59 Å². The molecule has 2 rings (SSSR count). The molecule has 0 spiro atoms. The van der Waals surface area contributed by atoms with Crippen LogP contribution >= 0.6 is 0 Å². The maximum Gasteiger partial charge on any atom is 0.573 e. The average Bonchev–Trinajstić information content (AvgIpc) is 2.44. The molecule has 1 saturated heterocycles. The fourth-order valence-corrected chi connectivity index (χ4v) is 2.48. The summed E-state index contributed by atoms with van der Waals surface area (Å²) >= 11 is 0. The van der Waals surface area contributed by atoms with E-state index in [0.717, 1.165) is 25.3 Å². The molecule has 1 aromatic rings. The largest absolute Gasteiger partial charge is 0.573 e. The molecule has 3 N–H and O–H groups in total. The fourth-order valence-electron chi connectivity index (χ4n) is 2.48. The van der Waals surface area contributed by atoms with Gasteiger partial charge in [-0.2, -0.15) is 0 Å². The Labute approximate surface area is 133 Å². The molecule has 1 fully saturated rings. The highest BCUT2D eigenvalue weighted by molar-refractivity contribution is 5.92. The summed E-state index contributed by atoms with van der Waals surface area (Å²) in [6.45, 7) is -0.0339. The standard InChI is InChI=1S/C13H13F3N2O6/c1-23-9-3-2-7(6-10(9)24-13(14,15)16)11(19)18(17-22)5-4-8(18)12(20)21/h2-3,6,8,17,22H,4-5H2,1H3/p+1/t8-,18?/m1/s1. The second kappa shape index (κ2) is 6.26. The smallest absolute Gasteiger partial charge is 0.493 e. The SMILES string of the molecule is COc1ccc(C(=O)[N+]2(NO)CC[C@@H]2C(=O)O)cc1OC(F)(F)F. The van der Waals surface area contributed by atoms with Crippen LogP contribution in [0.15, 0.2) is 18.2 Å². The minimum atomic E-state index is -5.00. The molecule has 1 unspecified atom stereocenters. The van der Waals surface area contributed by atoms with Gasteiger partial charge in [-0.05, 0) is 17.7 Å². The van der Waals surface area contributed by atoms with Crippen LogP contribution in [-0.4, -0.2) is 52.8 Å². The third-order valence-corrected chi connectivity index (χ3v) is 3.75. The van der Waals surface area contributed by atoms with Crippen molar-refractivity contribution in [2.24, 2.45) is 0 Å². The molecule has 0 aliphatic carbocycles. The zero-order valence-electron chi connectivity index (χ0n) is 12.3. The van der Waals surface area contributed by atoms with Crippen LogP contribution in [0.4, 0.5) is 13.2 Å². The maximum absolute atomic E-state index is 12.5. The van der Waals surface area contributed by atoms with Crippen LogP contribution in [-0.2, 0) is 4.79 Å². The van der Waals surface area contributed by atoms with E-state index in [1.165, 1.54) is 0 Å². The molecule has 1 aliphatic heterocycles. The summed E-state index contributed by atoms with van der Waals surface area (Å²) in [5.41, 5.74) is 1.38. The topological polar surface area (TPSA) is 105 Å². The first-order chi connectivity index (χ1) is 11.1. The van der Waals surface area contributed by atoms with E-state index in [1.807, 2.05) is 0 Å². The molecule has 1 heterocycles. The lowest BCUT2D eigenvalue weighted by atomic mass is 9.99. The predicted molar refractivity (Wildman–Crippen MR) is 70.1 cm³/mol. The summed E-state index contributed by atoms with van der Waals surface area (Å²) in [5, 5.41) is 18.3. The molecule has 0 aromatic heterocycles. The molecule has 1 aromatic carbocycles. The van der Waals surface area contributed by atoms with Crippen molar-refractivity contribution in [1.82, 2.24) is 5.59 Å². The first-order valence-electron chi connectivity index (χ1n) is 6.65. The zero-order valence-corrected chi connectivity index (χ0v) is 12.3. The van der Waals surface area contributed by atoms with Crippen molar-refractivity contribution in [2.45, 2.75) is 18.8 Å². The quantitative estimate of drug-likeness (QED) is 0.542. The Morgan fingerprint density at radius 1 is 1.33 bits per heavy atom. The van der Waals surface area contributed by atoms with Gasteiger partial charge in [0.25, 0.3) is 0 Å². The molecule has 0 saturated carbocycles. The van der Waals surface area contributed by atoms with Gasteiger partial charge in [0.1, 0.15) is 6.54 Å². The first-order valence-corrected chi connectivity index (χ1v) is 6.65. The van der Waals surface area contributed by atoms with Crippen molar-refractivity contribution >= 4 is 11.9 Å². The highest BCUT2D eigenvalue weighted by Crippen LogP contribution is 2.35. The summed E-state index contributed by atoms with van der Waals surface area (Å²) in [7, 11) is 1.12. The normalized spacial score (nSPS) is 23.3. The highest BCUT2D eigenvalue weighted by Gasteiger charge is 2.58. The lowest BCUT2D eigenvalue weighted by Gasteiger charge is -2.44. The average molecular weight is 351 g/mol. The second-order valence-corrected chi connectivity index (χ2v) is 5.05. The minimum absolute atomic E-state index is 0.0339. The highest BCUT2D eigenvalue weighted by atomic mass is 19.4. The Kier molecular flexibility index (Phi) is 4.69. The summed E-state index contributed by atoms with van der Waals surface area (Å²) in [5.74, 6) is -3.24. The number of nitrogens with one attached hydrogen (secondary N) is 1. The van der Waals surface area contributed by atoms with Crippen molar-refractivity contribution in [3.63, 3.8) is 0 Å². The molecule has 132 valence electrons. The molecule has 2 atom stereocenters. The molecule has 0 bridgehead atoms. The molecule has 8 nitrogen and oxygen atoms in total. The molecule has 0 radical (unpaired) electrons. The Balaban J connectivity index is 2.39. The van der Waals surface area contributed by atoms with Crippen LogP contribution < -0.4 is 15.1 Å². The number of benzene rings is 1. The Bertz CT molecular complexity index is 662. The van der Waals surface area contributed by atoms with Gasteiger partial charge in [0, 0.05) is 6.07 Å². The third-order valence-electron chi connectivity index (χ3n) is 3.75. The number of hydrogen-bond donors (Lipinski definition) is 3. The van der Waals surface area contributed by atoms with Crippen LogP contribution in [0.5, 0.6) is 11.5 Å². The number of amides is 1. The number of carboxylic acids is 1. The number of ether oxygens (including phenoxy) is 2. The Morgan fingerprint density at radius 2 is 2.00 bits per heavy atom. The van der Waals surface area contributed by atoms with Gasteiger partial charge >= 0.3 is 18.2 Å². The number of quaternary nitrogens is 1. The number of rotatable bonds is 5. The van der Waals surface area contributed by atoms with E-state index in [0.29, 0.717) is 0 Å². The zero-order chi connectivity index (χ0) is 18.1. The number of alkyl halides is 3. The molecular weight excluding hydrogens is 337 g/mol. The molecular formula is C13H14F3N2O6+. The summed E-state index contributed by atoms with van der Waals surface area (Å²) in [4.78, 5) is 23.7. The maximum atomic E-state index is 12.5. The second-order valence-electron chi connectivity index (χ2n) is 5.05. The van der Waals surface area contributed by atoms with E-state index in [9.17, 15) is 28.0 Å². The van der Waals surface area contributed by atoms with Crippen LogP contribution in [0.1, 0.15) is 16.8 Å². The molecule has 11 heteroatoms. The number of carbonyl (C=O) groups is 2. The number of aliphatic carboxylic acids is 1. The minimum Gasteiger partial charge on any atom is -0.493 e. The number of nitrogens with zero attached hydrogens (tertiary/aromatic N) is 1. The summed E-state index contributed by atoms with van der Waals surface area (Å²) < 4.78 is 44.8. The van der Waals surface area contributed by atoms with E-state index in [1.54, 1.807) is 5.59 Å². The third kappa shape index (κ3) is 3.13. The van der Waals surface area contributed by atoms with Crippen molar-refractivity contribution in [1.29, 1.82) is 0 Å².